The molecule has 0 aliphatic carbocycles. The average Bonchev–Trinajstić information content (AvgIpc) is 3.10. The zero-order valence-electron chi connectivity index (χ0n) is 13.5. The molecule has 2 saturated heterocycles. The number of carbonyl (C=O) groups is 1. The van der Waals surface area contributed by atoms with Gasteiger partial charge in [-0.15, -0.1) is 0 Å². The second-order valence-corrected chi connectivity index (χ2v) is 6.97. The highest BCUT2D eigenvalue weighted by atomic mass is 79.9. The first kappa shape index (κ1) is 16.7. The van der Waals surface area contributed by atoms with E-state index in [1.807, 2.05) is 17.0 Å². The zero-order valence-corrected chi connectivity index (χ0v) is 15.0. The van der Waals surface area contributed by atoms with Gasteiger partial charge < -0.3 is 14.4 Å². The summed E-state index contributed by atoms with van der Waals surface area (Å²) in [7, 11) is 1.70. The lowest BCUT2D eigenvalue weighted by Crippen LogP contribution is -2.51. The number of halogens is 1. The normalized spacial score (nSPS) is 22.3. The molecule has 3 rings (SSSR count). The molecule has 2 fully saturated rings. The zero-order chi connectivity index (χ0) is 16.2. The molecule has 0 radical (unpaired) electrons. The summed E-state index contributed by atoms with van der Waals surface area (Å²) in [5.74, 6) is 1.08. The molecule has 1 aromatic rings. The summed E-state index contributed by atoms with van der Waals surface area (Å²) in [6.07, 6.45) is 1.67. The van der Waals surface area contributed by atoms with Crippen LogP contribution in [0.25, 0.3) is 0 Å². The maximum absolute atomic E-state index is 12.4. The van der Waals surface area contributed by atoms with E-state index < -0.39 is 0 Å². The molecular weight excluding hydrogens is 360 g/mol. The van der Waals surface area contributed by atoms with E-state index in [4.69, 9.17) is 9.47 Å². The van der Waals surface area contributed by atoms with Crippen molar-refractivity contribution >= 4 is 21.8 Å². The maximum Gasteiger partial charge on any atom is 0.251 e. The Hall–Kier alpha value is -1.11. The van der Waals surface area contributed by atoms with Crippen molar-refractivity contribution in [2.45, 2.75) is 25.5 Å². The van der Waals surface area contributed by atoms with Crippen LogP contribution in [0.2, 0.25) is 0 Å². The largest absolute Gasteiger partial charge is 0.496 e. The Morgan fingerprint density at radius 2 is 2.13 bits per heavy atom. The lowest BCUT2D eigenvalue weighted by atomic mass is 10.1. The topological polar surface area (TPSA) is 42.0 Å². The van der Waals surface area contributed by atoms with Gasteiger partial charge in [0.15, 0.2) is 0 Å². The van der Waals surface area contributed by atoms with Crippen molar-refractivity contribution in [3.63, 3.8) is 0 Å². The van der Waals surface area contributed by atoms with Crippen LogP contribution in [0, 0.1) is 0 Å². The molecule has 5 nitrogen and oxygen atoms in total. The number of hydrogen-bond donors (Lipinski definition) is 0. The molecule has 0 aromatic heterocycles. The Bertz CT molecular complexity index is 553. The van der Waals surface area contributed by atoms with Gasteiger partial charge in [0, 0.05) is 49.4 Å². The van der Waals surface area contributed by atoms with Crippen molar-refractivity contribution in [1.29, 1.82) is 0 Å². The number of rotatable bonds is 4. The second-order valence-electron chi connectivity index (χ2n) is 6.06. The summed E-state index contributed by atoms with van der Waals surface area (Å²) in [5.41, 5.74) is 1.17. The summed E-state index contributed by atoms with van der Waals surface area (Å²) >= 11 is 3.52. The standard InChI is InChI=1S/C17H23BrN2O3/c1-22-15-5-4-14(18)11-13(15)12-19-6-8-20(9-7-19)17(21)16-3-2-10-23-16/h4-5,11,16H,2-3,6-10,12H2,1H3. The highest BCUT2D eigenvalue weighted by molar-refractivity contribution is 9.10. The first-order valence-electron chi connectivity index (χ1n) is 8.12. The van der Waals surface area contributed by atoms with Crippen LogP contribution >= 0.6 is 15.9 Å². The van der Waals surface area contributed by atoms with Gasteiger partial charge in [-0.05, 0) is 31.0 Å². The Kier molecular flexibility index (Phi) is 5.56. The average molecular weight is 383 g/mol. The Labute approximate surface area is 145 Å². The van der Waals surface area contributed by atoms with Crippen molar-refractivity contribution in [2.75, 3.05) is 39.9 Å². The monoisotopic (exact) mass is 382 g/mol. The minimum Gasteiger partial charge on any atom is -0.496 e. The van der Waals surface area contributed by atoms with Gasteiger partial charge in [-0.1, -0.05) is 15.9 Å². The van der Waals surface area contributed by atoms with Crippen molar-refractivity contribution in [3.8, 4) is 5.75 Å². The molecule has 2 aliphatic heterocycles. The summed E-state index contributed by atoms with van der Waals surface area (Å²) in [5, 5.41) is 0. The summed E-state index contributed by atoms with van der Waals surface area (Å²) in [4.78, 5) is 16.7. The predicted octanol–water partition coefficient (Wildman–Crippen LogP) is 2.28. The number of methoxy groups -OCH3 is 1. The Balaban J connectivity index is 1.55. The van der Waals surface area contributed by atoms with Crippen molar-refractivity contribution in [3.05, 3.63) is 28.2 Å². The minimum absolute atomic E-state index is 0.169. The molecule has 23 heavy (non-hydrogen) atoms. The first-order chi connectivity index (χ1) is 11.2. The van der Waals surface area contributed by atoms with Crippen LogP contribution in [0.3, 0.4) is 0 Å². The lowest BCUT2D eigenvalue weighted by Gasteiger charge is -2.36. The number of piperazine rings is 1. The minimum atomic E-state index is -0.202. The third kappa shape index (κ3) is 4.05. The molecule has 126 valence electrons. The van der Waals surface area contributed by atoms with Gasteiger partial charge in [-0.25, -0.2) is 0 Å². The number of carbonyl (C=O) groups excluding carboxylic acids is 1. The summed E-state index contributed by atoms with van der Waals surface area (Å²) < 4.78 is 12.0. The van der Waals surface area contributed by atoms with E-state index >= 15 is 0 Å². The number of benzene rings is 1. The van der Waals surface area contributed by atoms with Crippen LogP contribution in [0.1, 0.15) is 18.4 Å². The van der Waals surface area contributed by atoms with Crippen molar-refractivity contribution in [1.82, 2.24) is 9.80 Å². The van der Waals surface area contributed by atoms with Crippen LogP contribution in [0.5, 0.6) is 5.75 Å². The van der Waals surface area contributed by atoms with Gasteiger partial charge in [0.05, 0.1) is 7.11 Å². The van der Waals surface area contributed by atoms with E-state index in [9.17, 15) is 4.79 Å². The van der Waals surface area contributed by atoms with Crippen molar-refractivity contribution < 1.29 is 14.3 Å². The van der Waals surface area contributed by atoms with E-state index in [1.54, 1.807) is 7.11 Å². The number of hydrogen-bond acceptors (Lipinski definition) is 4. The van der Waals surface area contributed by atoms with Gasteiger partial charge in [0.25, 0.3) is 5.91 Å². The SMILES string of the molecule is COc1ccc(Br)cc1CN1CCN(C(=O)C2CCCO2)CC1. The van der Waals surface area contributed by atoms with E-state index in [0.717, 1.165) is 62.4 Å². The quantitative estimate of drug-likeness (QED) is 0.800. The lowest BCUT2D eigenvalue weighted by molar-refractivity contribution is -0.142. The van der Waals surface area contributed by atoms with Gasteiger partial charge in [-0.2, -0.15) is 0 Å². The molecule has 0 bridgehead atoms. The fourth-order valence-electron chi connectivity index (χ4n) is 3.21. The third-order valence-corrected chi connectivity index (χ3v) is 5.02. The van der Waals surface area contributed by atoms with Crippen molar-refractivity contribution in [2.24, 2.45) is 0 Å². The molecule has 0 saturated carbocycles. The number of amides is 1. The number of ether oxygens (including phenoxy) is 2. The molecule has 0 N–H and O–H groups in total. The smallest absolute Gasteiger partial charge is 0.251 e. The molecule has 0 spiro atoms. The summed E-state index contributed by atoms with van der Waals surface area (Å²) in [6, 6.07) is 6.07. The van der Waals surface area contributed by atoms with E-state index in [-0.39, 0.29) is 12.0 Å². The second kappa shape index (κ2) is 7.64. The Morgan fingerprint density at radius 3 is 2.78 bits per heavy atom. The number of nitrogens with zero attached hydrogens (tertiary/aromatic N) is 2. The van der Waals surface area contributed by atoms with E-state index in [0.29, 0.717) is 0 Å². The molecule has 6 heteroatoms. The fraction of sp³-hybridized carbons (Fsp3) is 0.588. The van der Waals surface area contributed by atoms with Crippen LogP contribution in [0.4, 0.5) is 0 Å². The fourth-order valence-corrected chi connectivity index (χ4v) is 3.62. The molecule has 1 amide bonds. The maximum atomic E-state index is 12.4. The summed E-state index contributed by atoms with van der Waals surface area (Å²) in [6.45, 7) is 4.87. The Morgan fingerprint density at radius 1 is 1.35 bits per heavy atom. The molecular formula is C17H23BrN2O3. The molecule has 2 aliphatic rings. The molecule has 1 atom stereocenters. The highest BCUT2D eigenvalue weighted by Gasteiger charge is 2.30. The van der Waals surface area contributed by atoms with Gasteiger partial charge in [0.1, 0.15) is 11.9 Å². The first-order valence-corrected chi connectivity index (χ1v) is 8.92. The predicted molar refractivity (Wildman–Crippen MR) is 91.5 cm³/mol. The van der Waals surface area contributed by atoms with Gasteiger partial charge in [-0.3, -0.25) is 9.69 Å². The molecule has 2 heterocycles. The van der Waals surface area contributed by atoms with E-state index in [2.05, 4.69) is 26.9 Å². The highest BCUT2D eigenvalue weighted by Crippen LogP contribution is 2.25. The van der Waals surface area contributed by atoms with Gasteiger partial charge >= 0.3 is 0 Å². The third-order valence-electron chi connectivity index (χ3n) is 4.53. The van der Waals surface area contributed by atoms with Crippen LogP contribution < -0.4 is 4.74 Å². The molecule has 1 unspecified atom stereocenters. The van der Waals surface area contributed by atoms with Crippen LogP contribution in [0.15, 0.2) is 22.7 Å². The van der Waals surface area contributed by atoms with Gasteiger partial charge in [0.2, 0.25) is 0 Å². The molecule has 1 aromatic carbocycles. The van der Waals surface area contributed by atoms with Crippen LogP contribution in [-0.2, 0) is 16.1 Å². The van der Waals surface area contributed by atoms with Crippen LogP contribution in [-0.4, -0.2) is 61.7 Å². The van der Waals surface area contributed by atoms with E-state index in [1.165, 1.54) is 5.56 Å².